The highest BCUT2D eigenvalue weighted by molar-refractivity contribution is 9.10. The summed E-state index contributed by atoms with van der Waals surface area (Å²) in [4.78, 5) is 12.0. The van der Waals surface area contributed by atoms with Crippen molar-refractivity contribution < 1.29 is 18.7 Å². The molecule has 1 amide bonds. The summed E-state index contributed by atoms with van der Waals surface area (Å²) in [5, 5.41) is 2.88. The number of hydrogen-bond acceptors (Lipinski definition) is 4. The van der Waals surface area contributed by atoms with E-state index in [9.17, 15) is 4.79 Å². The molecule has 0 saturated heterocycles. The predicted octanol–water partition coefficient (Wildman–Crippen LogP) is 3.30. The van der Waals surface area contributed by atoms with E-state index in [1.165, 1.54) is 0 Å². The van der Waals surface area contributed by atoms with Gasteiger partial charge in [0.1, 0.15) is 13.2 Å². The topological polar surface area (TPSA) is 60.7 Å². The van der Waals surface area contributed by atoms with Crippen LogP contribution < -0.4 is 14.8 Å². The van der Waals surface area contributed by atoms with Gasteiger partial charge in [-0.2, -0.15) is 0 Å². The van der Waals surface area contributed by atoms with Crippen molar-refractivity contribution in [2.75, 3.05) is 13.2 Å². The minimum atomic E-state index is -0.261. The molecule has 1 aliphatic rings. The Kier molecular flexibility index (Phi) is 3.88. The van der Waals surface area contributed by atoms with E-state index in [1.54, 1.807) is 12.1 Å². The zero-order valence-electron chi connectivity index (χ0n) is 11.4. The average Bonchev–Trinajstić information content (AvgIpc) is 2.93. The Hall–Kier alpha value is -1.95. The van der Waals surface area contributed by atoms with Gasteiger partial charge in [-0.15, -0.1) is 0 Å². The number of amides is 1. The first-order valence-corrected chi connectivity index (χ1v) is 7.38. The van der Waals surface area contributed by atoms with Gasteiger partial charge in [0.25, 0.3) is 5.91 Å². The molecule has 1 aromatic heterocycles. The molecule has 110 valence electrons. The molecule has 2 aromatic rings. The second-order valence-corrected chi connectivity index (χ2v) is 5.48. The quantitative estimate of drug-likeness (QED) is 0.921. The lowest BCUT2D eigenvalue weighted by molar-refractivity contribution is 0.0910. The number of ether oxygens (including phenoxy) is 2. The highest BCUT2D eigenvalue weighted by Crippen LogP contribution is 2.32. The van der Waals surface area contributed by atoms with Crippen LogP contribution in [0.2, 0.25) is 0 Å². The Bertz CT molecular complexity index is 667. The van der Waals surface area contributed by atoms with Crippen molar-refractivity contribution in [1.29, 1.82) is 0 Å². The van der Waals surface area contributed by atoms with E-state index in [0.29, 0.717) is 23.6 Å². The lowest BCUT2D eigenvalue weighted by Crippen LogP contribution is -2.26. The Morgan fingerprint density at radius 3 is 2.67 bits per heavy atom. The van der Waals surface area contributed by atoms with Crippen molar-refractivity contribution in [3.63, 3.8) is 0 Å². The van der Waals surface area contributed by atoms with Gasteiger partial charge in [-0.1, -0.05) is 6.07 Å². The number of benzene rings is 1. The summed E-state index contributed by atoms with van der Waals surface area (Å²) in [6, 6.07) is 8.79. The molecule has 21 heavy (non-hydrogen) atoms. The fraction of sp³-hybridized carbons (Fsp3) is 0.267. The molecule has 0 aliphatic carbocycles. The maximum absolute atomic E-state index is 12.0. The summed E-state index contributed by atoms with van der Waals surface area (Å²) in [7, 11) is 0. The predicted molar refractivity (Wildman–Crippen MR) is 79.7 cm³/mol. The highest BCUT2D eigenvalue weighted by Gasteiger charge is 2.17. The van der Waals surface area contributed by atoms with Gasteiger partial charge >= 0.3 is 0 Å². The lowest BCUT2D eigenvalue weighted by atomic mass is 10.1. The molecule has 0 bridgehead atoms. The van der Waals surface area contributed by atoms with Crippen LogP contribution in [0.4, 0.5) is 0 Å². The van der Waals surface area contributed by atoms with Crippen LogP contribution in [0.5, 0.6) is 11.5 Å². The SMILES string of the molecule is C[C@@H](NC(=O)c1ccc(Br)o1)c1ccc2c(c1)OCCO2. The number of rotatable bonds is 3. The number of nitrogens with one attached hydrogen (secondary N) is 1. The Morgan fingerprint density at radius 2 is 1.95 bits per heavy atom. The minimum Gasteiger partial charge on any atom is -0.486 e. The molecule has 2 heterocycles. The summed E-state index contributed by atoms with van der Waals surface area (Å²) >= 11 is 3.18. The molecule has 5 nitrogen and oxygen atoms in total. The van der Waals surface area contributed by atoms with Crippen LogP contribution in [0, 0.1) is 0 Å². The van der Waals surface area contributed by atoms with Crippen LogP contribution in [0.25, 0.3) is 0 Å². The molecular formula is C15H14BrNO4. The van der Waals surface area contributed by atoms with E-state index in [4.69, 9.17) is 13.9 Å². The minimum absolute atomic E-state index is 0.169. The molecule has 1 N–H and O–H groups in total. The molecular weight excluding hydrogens is 338 g/mol. The maximum Gasteiger partial charge on any atom is 0.287 e. The van der Waals surface area contributed by atoms with Gasteiger partial charge in [0.2, 0.25) is 0 Å². The van der Waals surface area contributed by atoms with E-state index in [0.717, 1.165) is 11.3 Å². The Morgan fingerprint density at radius 1 is 1.19 bits per heavy atom. The van der Waals surface area contributed by atoms with E-state index in [2.05, 4.69) is 21.2 Å². The summed E-state index contributed by atoms with van der Waals surface area (Å²) in [6.07, 6.45) is 0. The van der Waals surface area contributed by atoms with Gasteiger partial charge in [0.15, 0.2) is 21.9 Å². The molecule has 0 fully saturated rings. The number of fused-ring (bicyclic) bond motifs is 1. The maximum atomic E-state index is 12.0. The molecule has 1 aromatic carbocycles. The van der Waals surface area contributed by atoms with E-state index < -0.39 is 0 Å². The van der Waals surface area contributed by atoms with Gasteiger partial charge in [-0.3, -0.25) is 4.79 Å². The van der Waals surface area contributed by atoms with Gasteiger partial charge < -0.3 is 19.2 Å². The van der Waals surface area contributed by atoms with Gasteiger partial charge in [0, 0.05) is 0 Å². The Balaban J connectivity index is 1.73. The van der Waals surface area contributed by atoms with Crippen molar-refractivity contribution >= 4 is 21.8 Å². The first kappa shape index (κ1) is 14.0. The Labute approximate surface area is 130 Å². The third-order valence-electron chi connectivity index (χ3n) is 3.21. The zero-order valence-corrected chi connectivity index (χ0v) is 13.0. The van der Waals surface area contributed by atoms with Crippen LogP contribution in [-0.2, 0) is 0 Å². The first-order valence-electron chi connectivity index (χ1n) is 6.59. The summed E-state index contributed by atoms with van der Waals surface area (Å²) in [5.41, 5.74) is 0.943. The highest BCUT2D eigenvalue weighted by atomic mass is 79.9. The molecule has 0 radical (unpaired) electrons. The molecule has 3 rings (SSSR count). The van der Waals surface area contributed by atoms with Crippen molar-refractivity contribution in [3.05, 3.63) is 46.3 Å². The van der Waals surface area contributed by atoms with Crippen molar-refractivity contribution in [2.45, 2.75) is 13.0 Å². The molecule has 0 saturated carbocycles. The number of carbonyl (C=O) groups is 1. The van der Waals surface area contributed by atoms with Crippen LogP contribution >= 0.6 is 15.9 Å². The fourth-order valence-corrected chi connectivity index (χ4v) is 2.42. The molecule has 6 heteroatoms. The third-order valence-corrected chi connectivity index (χ3v) is 3.64. The molecule has 1 aliphatic heterocycles. The average molecular weight is 352 g/mol. The normalized spacial score (nSPS) is 14.6. The lowest BCUT2D eigenvalue weighted by Gasteiger charge is -2.20. The zero-order chi connectivity index (χ0) is 14.8. The van der Waals surface area contributed by atoms with Crippen molar-refractivity contribution in [1.82, 2.24) is 5.32 Å². The number of halogens is 1. The number of hydrogen-bond donors (Lipinski definition) is 1. The standard InChI is InChI=1S/C15H14BrNO4/c1-9(17-15(18)12-4-5-14(16)21-12)10-2-3-11-13(8-10)20-7-6-19-11/h2-5,8-9H,6-7H2,1H3,(H,17,18)/t9-/m1/s1. The van der Waals surface area contributed by atoms with Gasteiger partial charge in [0.05, 0.1) is 6.04 Å². The second kappa shape index (κ2) is 5.81. The van der Waals surface area contributed by atoms with Crippen molar-refractivity contribution in [2.24, 2.45) is 0 Å². The van der Waals surface area contributed by atoms with Gasteiger partial charge in [-0.05, 0) is 52.7 Å². The van der Waals surface area contributed by atoms with Crippen molar-refractivity contribution in [3.8, 4) is 11.5 Å². The van der Waals surface area contributed by atoms with Crippen LogP contribution in [-0.4, -0.2) is 19.1 Å². The molecule has 0 unspecified atom stereocenters. The smallest absolute Gasteiger partial charge is 0.287 e. The van der Waals surface area contributed by atoms with E-state index in [-0.39, 0.29) is 17.7 Å². The monoisotopic (exact) mass is 351 g/mol. The first-order chi connectivity index (χ1) is 10.1. The van der Waals surface area contributed by atoms with Crippen LogP contribution in [0.3, 0.4) is 0 Å². The summed E-state index contributed by atoms with van der Waals surface area (Å²) in [5.74, 6) is 1.45. The van der Waals surface area contributed by atoms with Crippen LogP contribution in [0.1, 0.15) is 29.1 Å². The summed E-state index contributed by atoms with van der Waals surface area (Å²) < 4.78 is 16.8. The van der Waals surface area contributed by atoms with E-state index in [1.807, 2.05) is 25.1 Å². The number of carbonyl (C=O) groups excluding carboxylic acids is 1. The van der Waals surface area contributed by atoms with Gasteiger partial charge in [-0.25, -0.2) is 0 Å². The second-order valence-electron chi connectivity index (χ2n) is 4.70. The molecule has 1 atom stereocenters. The largest absolute Gasteiger partial charge is 0.486 e. The molecule has 0 spiro atoms. The third kappa shape index (κ3) is 3.05. The van der Waals surface area contributed by atoms with Crippen LogP contribution in [0.15, 0.2) is 39.4 Å². The van der Waals surface area contributed by atoms with E-state index >= 15 is 0 Å². The fourth-order valence-electron chi connectivity index (χ4n) is 2.12. The summed E-state index contributed by atoms with van der Waals surface area (Å²) in [6.45, 7) is 3.00. The number of furan rings is 1.